The zero-order chi connectivity index (χ0) is 14.0. The minimum absolute atomic E-state index is 0.128. The molecule has 1 aromatic carbocycles. The second kappa shape index (κ2) is 5.51. The maximum absolute atomic E-state index is 11.9. The van der Waals surface area contributed by atoms with Crippen molar-refractivity contribution in [3.8, 4) is 0 Å². The summed E-state index contributed by atoms with van der Waals surface area (Å²) in [6.45, 7) is 4.59. The van der Waals surface area contributed by atoms with Gasteiger partial charge in [0.1, 0.15) is 0 Å². The van der Waals surface area contributed by atoms with Gasteiger partial charge < -0.3 is 11.1 Å². The number of likely N-dealkylation sites (tertiary alicyclic amines) is 1. The number of carbonyl (C=O) groups is 1. The first-order valence-corrected chi connectivity index (χ1v) is 7.22. The summed E-state index contributed by atoms with van der Waals surface area (Å²) < 4.78 is 0.996. The Bertz CT molecular complexity index is 471. The van der Waals surface area contributed by atoms with Gasteiger partial charge in [-0.1, -0.05) is 15.9 Å². The number of rotatable bonds is 3. The lowest BCUT2D eigenvalue weighted by Gasteiger charge is -2.23. The van der Waals surface area contributed by atoms with Gasteiger partial charge in [-0.15, -0.1) is 0 Å². The van der Waals surface area contributed by atoms with E-state index >= 15 is 0 Å². The van der Waals surface area contributed by atoms with Crippen molar-refractivity contribution in [2.75, 3.05) is 25.9 Å². The molecule has 1 amide bonds. The van der Waals surface area contributed by atoms with Gasteiger partial charge in [-0.05, 0) is 43.7 Å². The summed E-state index contributed by atoms with van der Waals surface area (Å²) >= 11 is 3.46. The van der Waals surface area contributed by atoms with Crippen LogP contribution in [0.15, 0.2) is 22.7 Å². The van der Waals surface area contributed by atoms with E-state index in [0.29, 0.717) is 0 Å². The van der Waals surface area contributed by atoms with Crippen LogP contribution in [0, 0.1) is 5.41 Å². The van der Waals surface area contributed by atoms with Crippen LogP contribution in [-0.2, 0) is 11.3 Å². The lowest BCUT2D eigenvalue weighted by molar-refractivity contribution is -0.129. The summed E-state index contributed by atoms with van der Waals surface area (Å²) in [5.74, 6) is 0.128. The van der Waals surface area contributed by atoms with Crippen molar-refractivity contribution in [1.29, 1.82) is 0 Å². The Kier molecular flexibility index (Phi) is 4.16. The van der Waals surface area contributed by atoms with Crippen LogP contribution in [0.25, 0.3) is 0 Å². The SMILES string of the molecule is CNC(=O)C1(C)CCN(Cc2cc(N)cc(Br)c2)C1. The molecule has 4 nitrogen and oxygen atoms in total. The highest BCUT2D eigenvalue weighted by atomic mass is 79.9. The summed E-state index contributed by atoms with van der Waals surface area (Å²) in [7, 11) is 1.70. The van der Waals surface area contributed by atoms with Gasteiger partial charge in [0.2, 0.25) is 5.91 Å². The predicted octanol–water partition coefficient (Wildman–Crippen LogP) is 1.99. The molecule has 3 N–H and O–H groups in total. The van der Waals surface area contributed by atoms with E-state index in [-0.39, 0.29) is 11.3 Å². The van der Waals surface area contributed by atoms with Gasteiger partial charge in [0.15, 0.2) is 0 Å². The Morgan fingerprint density at radius 2 is 2.26 bits per heavy atom. The van der Waals surface area contributed by atoms with Gasteiger partial charge >= 0.3 is 0 Å². The normalized spacial score (nSPS) is 23.5. The van der Waals surface area contributed by atoms with Gasteiger partial charge in [0, 0.05) is 30.3 Å². The molecule has 19 heavy (non-hydrogen) atoms. The molecule has 1 fully saturated rings. The molecule has 1 aliphatic heterocycles. The van der Waals surface area contributed by atoms with E-state index < -0.39 is 0 Å². The van der Waals surface area contributed by atoms with Crippen molar-refractivity contribution in [2.45, 2.75) is 19.9 Å². The summed E-state index contributed by atoms with van der Waals surface area (Å²) in [6.07, 6.45) is 0.899. The molecule has 0 radical (unpaired) electrons. The molecule has 0 spiro atoms. The lowest BCUT2D eigenvalue weighted by Crippen LogP contribution is -2.39. The summed E-state index contributed by atoms with van der Waals surface area (Å²) in [5.41, 5.74) is 7.51. The quantitative estimate of drug-likeness (QED) is 0.835. The smallest absolute Gasteiger partial charge is 0.227 e. The monoisotopic (exact) mass is 325 g/mol. The largest absolute Gasteiger partial charge is 0.399 e. The van der Waals surface area contributed by atoms with E-state index in [1.54, 1.807) is 7.05 Å². The molecule has 104 valence electrons. The van der Waals surface area contributed by atoms with E-state index in [1.165, 1.54) is 5.56 Å². The highest BCUT2D eigenvalue weighted by Gasteiger charge is 2.39. The van der Waals surface area contributed by atoms with E-state index in [0.717, 1.165) is 36.2 Å². The van der Waals surface area contributed by atoms with Crippen molar-refractivity contribution < 1.29 is 4.79 Å². The first-order valence-electron chi connectivity index (χ1n) is 6.42. The van der Waals surface area contributed by atoms with Crippen molar-refractivity contribution in [1.82, 2.24) is 10.2 Å². The standard InChI is InChI=1S/C14H20BrN3O/c1-14(13(19)17-2)3-4-18(9-14)8-10-5-11(15)7-12(16)6-10/h5-7H,3-4,8-9,16H2,1-2H3,(H,17,19). The molecule has 2 rings (SSSR count). The zero-order valence-electron chi connectivity index (χ0n) is 11.4. The number of halogens is 1. The molecule has 0 aliphatic carbocycles. The average molecular weight is 326 g/mol. The van der Waals surface area contributed by atoms with Gasteiger partial charge in [-0.2, -0.15) is 0 Å². The molecule has 1 heterocycles. The third-order valence-corrected chi connectivity index (χ3v) is 4.17. The number of nitrogens with one attached hydrogen (secondary N) is 1. The van der Waals surface area contributed by atoms with Crippen molar-refractivity contribution in [2.24, 2.45) is 5.41 Å². The summed E-state index contributed by atoms with van der Waals surface area (Å²) in [6, 6.07) is 5.95. The lowest BCUT2D eigenvalue weighted by atomic mass is 9.89. The fraction of sp³-hybridized carbons (Fsp3) is 0.500. The summed E-state index contributed by atoms with van der Waals surface area (Å²) in [4.78, 5) is 14.2. The molecule has 0 bridgehead atoms. The third-order valence-electron chi connectivity index (χ3n) is 3.71. The molecule has 1 unspecified atom stereocenters. The topological polar surface area (TPSA) is 58.4 Å². The number of anilines is 1. The van der Waals surface area contributed by atoms with Crippen molar-refractivity contribution in [3.05, 3.63) is 28.2 Å². The number of nitrogen functional groups attached to an aromatic ring is 1. The molecule has 5 heteroatoms. The van der Waals surface area contributed by atoms with Gasteiger partial charge in [-0.25, -0.2) is 0 Å². The molecular weight excluding hydrogens is 306 g/mol. The van der Waals surface area contributed by atoms with Gasteiger partial charge in [0.25, 0.3) is 0 Å². The minimum atomic E-state index is -0.272. The Morgan fingerprint density at radius 3 is 2.89 bits per heavy atom. The molecule has 0 saturated carbocycles. The van der Waals surface area contributed by atoms with Crippen LogP contribution in [-0.4, -0.2) is 30.9 Å². The van der Waals surface area contributed by atoms with Crippen LogP contribution in [0.4, 0.5) is 5.69 Å². The number of nitrogens with two attached hydrogens (primary N) is 1. The molecule has 1 aliphatic rings. The number of carbonyl (C=O) groups excluding carboxylic acids is 1. The van der Waals surface area contributed by atoms with E-state index in [1.807, 2.05) is 19.1 Å². The van der Waals surface area contributed by atoms with E-state index in [9.17, 15) is 4.79 Å². The number of benzene rings is 1. The Morgan fingerprint density at radius 1 is 1.53 bits per heavy atom. The Hall–Kier alpha value is -1.07. The van der Waals surface area contributed by atoms with Crippen LogP contribution >= 0.6 is 15.9 Å². The van der Waals surface area contributed by atoms with Crippen molar-refractivity contribution in [3.63, 3.8) is 0 Å². The maximum atomic E-state index is 11.9. The first-order chi connectivity index (χ1) is 8.93. The second-order valence-electron chi connectivity index (χ2n) is 5.49. The predicted molar refractivity (Wildman–Crippen MR) is 80.6 cm³/mol. The number of nitrogens with zero attached hydrogens (tertiary/aromatic N) is 1. The summed E-state index contributed by atoms with van der Waals surface area (Å²) in [5, 5.41) is 2.76. The fourth-order valence-corrected chi connectivity index (χ4v) is 3.26. The molecule has 1 saturated heterocycles. The second-order valence-corrected chi connectivity index (χ2v) is 6.41. The Balaban J connectivity index is 2.04. The van der Waals surface area contributed by atoms with Crippen LogP contribution < -0.4 is 11.1 Å². The molecule has 0 aromatic heterocycles. The van der Waals surface area contributed by atoms with E-state index in [2.05, 4.69) is 32.2 Å². The number of amides is 1. The zero-order valence-corrected chi connectivity index (χ0v) is 13.0. The average Bonchev–Trinajstić information content (AvgIpc) is 2.69. The van der Waals surface area contributed by atoms with Gasteiger partial charge in [0.05, 0.1) is 5.41 Å². The highest BCUT2D eigenvalue weighted by molar-refractivity contribution is 9.10. The van der Waals surface area contributed by atoms with Crippen molar-refractivity contribution >= 4 is 27.5 Å². The maximum Gasteiger partial charge on any atom is 0.227 e. The minimum Gasteiger partial charge on any atom is -0.399 e. The fourth-order valence-electron chi connectivity index (χ4n) is 2.70. The van der Waals surface area contributed by atoms with Crippen LogP contribution in [0.5, 0.6) is 0 Å². The molecular formula is C14H20BrN3O. The Labute approximate surface area is 122 Å². The van der Waals surface area contributed by atoms with Crippen LogP contribution in [0.1, 0.15) is 18.9 Å². The van der Waals surface area contributed by atoms with Crippen LogP contribution in [0.3, 0.4) is 0 Å². The molecule has 1 aromatic rings. The van der Waals surface area contributed by atoms with E-state index in [4.69, 9.17) is 5.73 Å². The number of hydrogen-bond acceptors (Lipinski definition) is 3. The molecule has 1 atom stereocenters. The number of hydrogen-bond donors (Lipinski definition) is 2. The third kappa shape index (κ3) is 3.28. The highest BCUT2D eigenvalue weighted by Crippen LogP contribution is 2.31. The first kappa shape index (κ1) is 14.3. The van der Waals surface area contributed by atoms with Gasteiger partial charge in [-0.3, -0.25) is 9.69 Å². The van der Waals surface area contributed by atoms with Crippen LogP contribution in [0.2, 0.25) is 0 Å².